The first-order valence-corrected chi connectivity index (χ1v) is 9.79. The molecule has 0 heterocycles. The summed E-state index contributed by atoms with van der Waals surface area (Å²) >= 11 is 7.44. The molecule has 26 heavy (non-hydrogen) atoms. The van der Waals surface area contributed by atoms with Crippen molar-refractivity contribution in [3.63, 3.8) is 0 Å². The summed E-state index contributed by atoms with van der Waals surface area (Å²) in [5.41, 5.74) is 2.65. The monoisotopic (exact) mass is 391 g/mol. The highest BCUT2D eigenvalue weighted by Gasteiger charge is 2.09. The number of carbonyl (C=O) groups excluding carboxylic acids is 2. The Hall–Kier alpha value is -1.98. The van der Waals surface area contributed by atoms with Crippen molar-refractivity contribution < 1.29 is 14.3 Å². The van der Waals surface area contributed by atoms with Crippen LogP contribution in [0.25, 0.3) is 0 Å². The van der Waals surface area contributed by atoms with Crippen LogP contribution < -0.4 is 10.1 Å². The van der Waals surface area contributed by atoms with Crippen molar-refractivity contribution in [2.24, 2.45) is 0 Å². The summed E-state index contributed by atoms with van der Waals surface area (Å²) in [7, 11) is 1.60. The number of thioether (sulfide) groups is 1. The molecule has 1 N–H and O–H groups in total. The normalized spacial score (nSPS) is 10.4. The lowest BCUT2D eigenvalue weighted by Gasteiger charge is -2.10. The number of benzene rings is 2. The number of hydrogen-bond donors (Lipinski definition) is 1. The van der Waals surface area contributed by atoms with Crippen molar-refractivity contribution in [1.29, 1.82) is 0 Å². The number of halogens is 1. The quantitative estimate of drug-likeness (QED) is 0.652. The Morgan fingerprint density at radius 3 is 2.69 bits per heavy atom. The summed E-state index contributed by atoms with van der Waals surface area (Å²) in [4.78, 5) is 23.5. The van der Waals surface area contributed by atoms with Crippen LogP contribution in [-0.2, 0) is 17.0 Å². The summed E-state index contributed by atoms with van der Waals surface area (Å²) < 4.78 is 5.33. The maximum Gasteiger partial charge on any atom is 0.230 e. The van der Waals surface area contributed by atoms with E-state index in [0.717, 1.165) is 23.3 Å². The molecule has 0 unspecified atom stereocenters. The molecule has 2 rings (SSSR count). The maximum atomic E-state index is 12.0. The standard InChI is InChI=1S/C20H22ClNO3S/c1-14(23)16-6-7-19(25-2)17(11-16)12-26-13-20(24)22-9-8-15-4-3-5-18(21)10-15/h3-7,10-11H,8-9,12-13H2,1-2H3,(H,22,24). The molecule has 0 saturated heterocycles. The first-order chi connectivity index (χ1) is 12.5. The molecule has 0 spiro atoms. The number of amides is 1. The van der Waals surface area contributed by atoms with E-state index in [1.165, 1.54) is 18.7 Å². The summed E-state index contributed by atoms with van der Waals surface area (Å²) in [6.45, 7) is 2.11. The molecule has 0 saturated carbocycles. The van der Waals surface area contributed by atoms with Gasteiger partial charge in [0.05, 0.1) is 12.9 Å². The third kappa shape index (κ3) is 6.39. The van der Waals surface area contributed by atoms with Gasteiger partial charge in [-0.25, -0.2) is 0 Å². The zero-order valence-corrected chi connectivity index (χ0v) is 16.5. The zero-order chi connectivity index (χ0) is 18.9. The Bertz CT molecular complexity index is 779. The van der Waals surface area contributed by atoms with Crippen LogP contribution in [-0.4, -0.2) is 31.1 Å². The molecule has 0 aromatic heterocycles. The lowest BCUT2D eigenvalue weighted by atomic mass is 10.1. The van der Waals surface area contributed by atoms with Crippen LogP contribution in [0.2, 0.25) is 5.02 Å². The lowest BCUT2D eigenvalue weighted by molar-refractivity contribution is -0.118. The minimum atomic E-state index is -0.0151. The van der Waals surface area contributed by atoms with Gasteiger partial charge in [-0.05, 0) is 49.2 Å². The van der Waals surface area contributed by atoms with Crippen molar-refractivity contribution in [3.05, 3.63) is 64.2 Å². The highest BCUT2D eigenvalue weighted by molar-refractivity contribution is 7.99. The number of carbonyl (C=O) groups is 2. The highest BCUT2D eigenvalue weighted by Crippen LogP contribution is 2.24. The Morgan fingerprint density at radius 2 is 2.00 bits per heavy atom. The Balaban J connectivity index is 1.77. The second-order valence-electron chi connectivity index (χ2n) is 5.81. The molecule has 6 heteroatoms. The Kier molecular flexibility index (Phi) is 8.01. The smallest absolute Gasteiger partial charge is 0.230 e. The molecule has 0 aliphatic rings. The summed E-state index contributed by atoms with van der Waals surface area (Å²) in [6.07, 6.45) is 0.742. The minimum Gasteiger partial charge on any atom is -0.496 e. The van der Waals surface area contributed by atoms with Crippen LogP contribution in [0.5, 0.6) is 5.75 Å². The molecule has 138 valence electrons. The molecule has 0 bridgehead atoms. The van der Waals surface area contributed by atoms with Gasteiger partial charge in [0, 0.05) is 28.4 Å². The van der Waals surface area contributed by atoms with Crippen molar-refractivity contribution in [1.82, 2.24) is 5.32 Å². The van der Waals surface area contributed by atoms with Crippen LogP contribution in [0.15, 0.2) is 42.5 Å². The Labute approximate surface area is 163 Å². The molecule has 0 aliphatic heterocycles. The van der Waals surface area contributed by atoms with Gasteiger partial charge >= 0.3 is 0 Å². The van der Waals surface area contributed by atoms with Gasteiger partial charge in [-0.15, -0.1) is 11.8 Å². The zero-order valence-electron chi connectivity index (χ0n) is 14.9. The predicted octanol–water partition coefficient (Wildman–Crippen LogP) is 4.14. The van der Waals surface area contributed by atoms with E-state index in [1.54, 1.807) is 19.2 Å². The average Bonchev–Trinajstić information content (AvgIpc) is 2.61. The van der Waals surface area contributed by atoms with Crippen LogP contribution >= 0.6 is 23.4 Å². The van der Waals surface area contributed by atoms with E-state index in [2.05, 4.69) is 5.32 Å². The number of nitrogens with one attached hydrogen (secondary N) is 1. The van der Waals surface area contributed by atoms with E-state index in [-0.39, 0.29) is 11.7 Å². The largest absolute Gasteiger partial charge is 0.496 e. The van der Waals surface area contributed by atoms with Gasteiger partial charge in [-0.2, -0.15) is 0 Å². The second-order valence-corrected chi connectivity index (χ2v) is 7.23. The first-order valence-electron chi connectivity index (χ1n) is 8.26. The molecule has 0 fully saturated rings. The number of methoxy groups -OCH3 is 1. The molecular weight excluding hydrogens is 370 g/mol. The maximum absolute atomic E-state index is 12.0. The fourth-order valence-corrected chi connectivity index (χ4v) is 3.50. The van der Waals surface area contributed by atoms with Gasteiger partial charge in [0.1, 0.15) is 5.75 Å². The molecule has 0 aliphatic carbocycles. The molecule has 2 aromatic rings. The van der Waals surface area contributed by atoms with E-state index in [9.17, 15) is 9.59 Å². The average molecular weight is 392 g/mol. The molecule has 1 amide bonds. The van der Waals surface area contributed by atoms with Gasteiger partial charge in [-0.1, -0.05) is 23.7 Å². The molecule has 0 radical (unpaired) electrons. The summed E-state index contributed by atoms with van der Waals surface area (Å²) in [6, 6.07) is 13.0. The number of rotatable bonds is 9. The van der Waals surface area contributed by atoms with Crippen LogP contribution in [0.1, 0.15) is 28.4 Å². The summed E-state index contributed by atoms with van der Waals surface area (Å²) in [5, 5.41) is 3.61. The number of ketones is 1. The SMILES string of the molecule is COc1ccc(C(C)=O)cc1CSCC(=O)NCCc1cccc(Cl)c1. The van der Waals surface area contributed by atoms with Crippen molar-refractivity contribution >= 4 is 35.1 Å². The number of hydrogen-bond acceptors (Lipinski definition) is 4. The fourth-order valence-electron chi connectivity index (χ4n) is 2.45. The van der Waals surface area contributed by atoms with Gasteiger partial charge in [0.25, 0.3) is 0 Å². The second kappa shape index (κ2) is 10.2. The number of ether oxygens (including phenoxy) is 1. The molecule has 4 nitrogen and oxygen atoms in total. The van der Waals surface area contributed by atoms with E-state index in [0.29, 0.717) is 28.6 Å². The van der Waals surface area contributed by atoms with E-state index < -0.39 is 0 Å². The minimum absolute atomic E-state index is 0.0117. The topological polar surface area (TPSA) is 55.4 Å². The van der Waals surface area contributed by atoms with Crippen molar-refractivity contribution in [2.45, 2.75) is 19.1 Å². The third-order valence-electron chi connectivity index (χ3n) is 3.80. The first kappa shape index (κ1) is 20.3. The molecule has 2 aromatic carbocycles. The fraction of sp³-hybridized carbons (Fsp3) is 0.300. The highest BCUT2D eigenvalue weighted by atomic mass is 35.5. The van der Waals surface area contributed by atoms with Crippen LogP contribution in [0.4, 0.5) is 0 Å². The Morgan fingerprint density at radius 1 is 1.19 bits per heavy atom. The molecule has 0 atom stereocenters. The van der Waals surface area contributed by atoms with Crippen LogP contribution in [0, 0.1) is 0 Å². The molecular formula is C20H22ClNO3S. The summed E-state index contributed by atoms with van der Waals surface area (Å²) in [5.74, 6) is 1.68. The number of Topliss-reactive ketones (excluding diaryl/α,β-unsaturated/α-hetero) is 1. The van der Waals surface area contributed by atoms with Gasteiger partial charge in [-0.3, -0.25) is 9.59 Å². The van der Waals surface area contributed by atoms with Gasteiger partial charge in [0.2, 0.25) is 5.91 Å². The van der Waals surface area contributed by atoms with Crippen LogP contribution in [0.3, 0.4) is 0 Å². The van der Waals surface area contributed by atoms with E-state index >= 15 is 0 Å². The van der Waals surface area contributed by atoms with E-state index in [1.807, 2.05) is 30.3 Å². The van der Waals surface area contributed by atoms with Crippen molar-refractivity contribution in [3.8, 4) is 5.75 Å². The van der Waals surface area contributed by atoms with E-state index in [4.69, 9.17) is 16.3 Å². The predicted molar refractivity (Wildman–Crippen MR) is 107 cm³/mol. The van der Waals surface area contributed by atoms with Gasteiger partial charge in [0.15, 0.2) is 5.78 Å². The third-order valence-corrected chi connectivity index (χ3v) is 5.02. The van der Waals surface area contributed by atoms with Gasteiger partial charge < -0.3 is 10.1 Å². The lowest BCUT2D eigenvalue weighted by Crippen LogP contribution is -2.27. The van der Waals surface area contributed by atoms with Crippen molar-refractivity contribution in [2.75, 3.05) is 19.4 Å².